The van der Waals surface area contributed by atoms with Crippen LogP contribution in [-0.2, 0) is 4.79 Å². The van der Waals surface area contributed by atoms with Gasteiger partial charge in [0, 0.05) is 31.3 Å². The number of aromatic amines is 1. The first-order chi connectivity index (χ1) is 12.0. The van der Waals surface area contributed by atoms with Crippen LogP contribution in [0.25, 0.3) is 11.2 Å². The zero-order valence-corrected chi connectivity index (χ0v) is 14.7. The number of fused-ring (bicyclic) bond motifs is 1. The van der Waals surface area contributed by atoms with Crippen LogP contribution in [0.4, 0.5) is 0 Å². The molecule has 0 saturated heterocycles. The quantitative estimate of drug-likeness (QED) is 0.926. The first kappa shape index (κ1) is 17.0. The summed E-state index contributed by atoms with van der Waals surface area (Å²) in [7, 11) is 0. The van der Waals surface area contributed by atoms with E-state index in [1.807, 2.05) is 26.8 Å². The number of H-pyrrole nitrogens is 1. The van der Waals surface area contributed by atoms with Gasteiger partial charge in [-0.3, -0.25) is 14.7 Å². The lowest BCUT2D eigenvalue weighted by molar-refractivity contribution is -0.130. The molecule has 3 heterocycles. The standard InChI is InChI=1S/C18H21N5O2/c1-4-14(24)22-7-5-12(6-8-22)16-15(11(2)3)18(25)23-17(21-16)13(9-19)10-20-23/h5,10-11,20H,4,6-8H2,1-3H3. The lowest BCUT2D eigenvalue weighted by Crippen LogP contribution is -2.34. The van der Waals surface area contributed by atoms with Gasteiger partial charge < -0.3 is 4.90 Å². The van der Waals surface area contributed by atoms with E-state index in [4.69, 9.17) is 0 Å². The number of hydrogen-bond donors (Lipinski definition) is 1. The Bertz CT molecular complexity index is 958. The maximum atomic E-state index is 12.9. The summed E-state index contributed by atoms with van der Waals surface area (Å²) in [6.07, 6.45) is 4.61. The highest BCUT2D eigenvalue weighted by Crippen LogP contribution is 2.27. The highest BCUT2D eigenvalue weighted by atomic mass is 16.2. The Hall–Kier alpha value is -2.88. The van der Waals surface area contributed by atoms with Gasteiger partial charge in [0.05, 0.1) is 5.69 Å². The second kappa shape index (κ2) is 6.55. The molecule has 7 heteroatoms. The van der Waals surface area contributed by atoms with Gasteiger partial charge in [-0.25, -0.2) is 9.50 Å². The number of aromatic nitrogens is 3. The lowest BCUT2D eigenvalue weighted by atomic mass is 9.94. The molecule has 0 radical (unpaired) electrons. The minimum Gasteiger partial charge on any atom is -0.339 e. The van der Waals surface area contributed by atoms with Crippen LogP contribution in [-0.4, -0.2) is 38.5 Å². The van der Waals surface area contributed by atoms with Gasteiger partial charge >= 0.3 is 0 Å². The largest absolute Gasteiger partial charge is 0.339 e. The molecule has 0 fully saturated rings. The van der Waals surface area contributed by atoms with E-state index in [1.54, 1.807) is 4.90 Å². The van der Waals surface area contributed by atoms with Crippen LogP contribution in [0.3, 0.4) is 0 Å². The molecule has 7 nitrogen and oxygen atoms in total. The molecule has 0 unspecified atom stereocenters. The predicted octanol–water partition coefficient (Wildman–Crippen LogP) is 2.04. The van der Waals surface area contributed by atoms with Crippen molar-refractivity contribution in [3.63, 3.8) is 0 Å². The van der Waals surface area contributed by atoms with E-state index < -0.39 is 0 Å². The molecule has 1 aliphatic rings. The van der Waals surface area contributed by atoms with Crippen LogP contribution in [0, 0.1) is 11.3 Å². The van der Waals surface area contributed by atoms with E-state index in [-0.39, 0.29) is 17.4 Å². The van der Waals surface area contributed by atoms with E-state index in [1.165, 1.54) is 10.7 Å². The van der Waals surface area contributed by atoms with Crippen LogP contribution in [0.2, 0.25) is 0 Å². The first-order valence-electron chi connectivity index (χ1n) is 8.49. The summed E-state index contributed by atoms with van der Waals surface area (Å²) < 4.78 is 1.33. The Balaban J connectivity index is 2.14. The molecule has 3 rings (SSSR count). The average Bonchev–Trinajstić information content (AvgIpc) is 3.04. The molecule has 0 bridgehead atoms. The number of nitriles is 1. The van der Waals surface area contributed by atoms with Gasteiger partial charge in [-0.1, -0.05) is 26.8 Å². The van der Waals surface area contributed by atoms with Crippen molar-refractivity contribution in [2.45, 2.75) is 39.5 Å². The van der Waals surface area contributed by atoms with Gasteiger partial charge in [-0.15, -0.1) is 0 Å². The second-order valence-corrected chi connectivity index (χ2v) is 6.46. The second-order valence-electron chi connectivity index (χ2n) is 6.46. The number of amides is 1. The minimum absolute atomic E-state index is 0.00283. The predicted molar refractivity (Wildman–Crippen MR) is 94.1 cm³/mol. The van der Waals surface area contributed by atoms with Gasteiger partial charge in [-0.2, -0.15) is 5.26 Å². The average molecular weight is 339 g/mol. The number of carbonyl (C=O) groups is 1. The van der Waals surface area contributed by atoms with Gasteiger partial charge in [0.1, 0.15) is 11.6 Å². The Labute approximate surface area is 145 Å². The van der Waals surface area contributed by atoms with Crippen LogP contribution in [0.15, 0.2) is 17.1 Å². The SMILES string of the molecule is CCC(=O)N1CC=C(c2nc3c(C#N)c[nH]n3c(=O)c2C(C)C)CC1. The number of rotatable bonds is 3. The molecule has 1 aliphatic heterocycles. The molecule has 0 spiro atoms. The fraction of sp³-hybridized carbons (Fsp3) is 0.444. The summed E-state index contributed by atoms with van der Waals surface area (Å²) in [5.41, 5.74) is 2.76. The van der Waals surface area contributed by atoms with E-state index in [2.05, 4.69) is 16.2 Å². The Kier molecular flexibility index (Phi) is 4.45. The van der Waals surface area contributed by atoms with Gasteiger partial charge in [-0.05, 0) is 17.9 Å². The van der Waals surface area contributed by atoms with Crippen LogP contribution in [0.1, 0.15) is 56.4 Å². The fourth-order valence-electron chi connectivity index (χ4n) is 3.21. The molecular weight excluding hydrogens is 318 g/mol. The zero-order chi connectivity index (χ0) is 18.1. The summed E-state index contributed by atoms with van der Waals surface area (Å²) in [5, 5.41) is 12.0. The normalized spacial score (nSPS) is 14.7. The lowest BCUT2D eigenvalue weighted by Gasteiger charge is -2.27. The summed E-state index contributed by atoms with van der Waals surface area (Å²) in [6.45, 7) is 6.91. The third-order valence-electron chi connectivity index (χ3n) is 4.56. The molecule has 1 N–H and O–H groups in total. The van der Waals surface area contributed by atoms with Crippen LogP contribution in [0.5, 0.6) is 0 Å². The van der Waals surface area contributed by atoms with E-state index in [9.17, 15) is 14.9 Å². The van der Waals surface area contributed by atoms with Gasteiger partial charge in [0.15, 0.2) is 5.65 Å². The third-order valence-corrected chi connectivity index (χ3v) is 4.56. The van der Waals surface area contributed by atoms with E-state index >= 15 is 0 Å². The van der Waals surface area contributed by atoms with Crippen molar-refractivity contribution in [1.29, 1.82) is 5.26 Å². The van der Waals surface area contributed by atoms with Crippen molar-refractivity contribution in [2.75, 3.05) is 13.1 Å². The Morgan fingerprint density at radius 3 is 2.80 bits per heavy atom. The van der Waals surface area contributed by atoms with Crippen molar-refractivity contribution in [1.82, 2.24) is 19.5 Å². The molecule has 0 aromatic carbocycles. The minimum atomic E-state index is -0.176. The topological polar surface area (TPSA) is 94.3 Å². The summed E-state index contributed by atoms with van der Waals surface area (Å²) in [5.74, 6) is 0.122. The molecular formula is C18H21N5O2. The number of nitrogens with zero attached hydrogens (tertiary/aromatic N) is 4. The van der Waals surface area contributed by atoms with Crippen LogP contribution < -0.4 is 5.56 Å². The highest BCUT2D eigenvalue weighted by molar-refractivity contribution is 5.78. The van der Waals surface area contributed by atoms with Crippen molar-refractivity contribution >= 4 is 17.1 Å². The fourth-order valence-corrected chi connectivity index (χ4v) is 3.21. The van der Waals surface area contributed by atoms with Crippen molar-refractivity contribution < 1.29 is 4.79 Å². The number of nitrogens with one attached hydrogen (secondary N) is 1. The molecule has 0 atom stereocenters. The molecule has 1 amide bonds. The third kappa shape index (κ3) is 2.84. The summed E-state index contributed by atoms with van der Waals surface area (Å²) in [4.78, 5) is 31.2. The van der Waals surface area contributed by atoms with Gasteiger partial charge in [0.25, 0.3) is 5.56 Å². The van der Waals surface area contributed by atoms with Crippen molar-refractivity contribution in [3.8, 4) is 6.07 Å². The highest BCUT2D eigenvalue weighted by Gasteiger charge is 2.24. The molecule has 2 aromatic heterocycles. The van der Waals surface area contributed by atoms with E-state index in [0.717, 1.165) is 5.57 Å². The van der Waals surface area contributed by atoms with Crippen LogP contribution >= 0.6 is 0 Å². The Morgan fingerprint density at radius 2 is 2.24 bits per heavy atom. The maximum absolute atomic E-state index is 12.9. The van der Waals surface area contributed by atoms with E-state index in [0.29, 0.717) is 48.4 Å². The maximum Gasteiger partial charge on any atom is 0.276 e. The summed E-state index contributed by atoms with van der Waals surface area (Å²) >= 11 is 0. The van der Waals surface area contributed by atoms with Gasteiger partial charge in [0.2, 0.25) is 5.91 Å². The van der Waals surface area contributed by atoms with Crippen molar-refractivity contribution in [2.24, 2.45) is 0 Å². The summed E-state index contributed by atoms with van der Waals surface area (Å²) in [6, 6.07) is 2.06. The number of carbonyl (C=O) groups excluding carboxylic acids is 1. The molecule has 130 valence electrons. The zero-order valence-electron chi connectivity index (χ0n) is 14.7. The molecule has 25 heavy (non-hydrogen) atoms. The molecule has 0 saturated carbocycles. The molecule has 2 aromatic rings. The monoisotopic (exact) mass is 339 g/mol. The first-order valence-corrected chi connectivity index (χ1v) is 8.49. The van der Waals surface area contributed by atoms with Crippen molar-refractivity contribution in [3.05, 3.63) is 39.4 Å². The number of hydrogen-bond acceptors (Lipinski definition) is 4. The Morgan fingerprint density at radius 1 is 1.48 bits per heavy atom. The smallest absolute Gasteiger partial charge is 0.276 e. The molecule has 0 aliphatic carbocycles.